The van der Waals surface area contributed by atoms with Crippen LogP contribution in [0.4, 0.5) is 18.9 Å². The van der Waals surface area contributed by atoms with Crippen molar-refractivity contribution in [1.29, 1.82) is 0 Å². The predicted molar refractivity (Wildman–Crippen MR) is 91.2 cm³/mol. The molecule has 0 bridgehead atoms. The van der Waals surface area contributed by atoms with Gasteiger partial charge < -0.3 is 14.5 Å². The summed E-state index contributed by atoms with van der Waals surface area (Å²) < 4.78 is 45.1. The zero-order valence-electron chi connectivity index (χ0n) is 14.1. The van der Waals surface area contributed by atoms with E-state index in [9.17, 15) is 18.0 Å². The molecular weight excluding hydrogens is 345 g/mol. The molecule has 0 aromatic heterocycles. The number of hydrogen-bond acceptors (Lipinski definition) is 3. The molecular formula is C19H19F3N2O2. The molecule has 7 heteroatoms. The molecule has 1 aliphatic heterocycles. The quantitative estimate of drug-likeness (QED) is 0.818. The van der Waals surface area contributed by atoms with Gasteiger partial charge in [0.25, 0.3) is 0 Å². The highest BCUT2D eigenvalue weighted by Gasteiger charge is 2.23. The minimum atomic E-state index is -0.613. The molecule has 4 nitrogen and oxygen atoms in total. The van der Waals surface area contributed by atoms with Crippen LogP contribution in [0.15, 0.2) is 42.5 Å². The third-order valence-corrected chi connectivity index (χ3v) is 4.29. The smallest absolute Gasteiger partial charge is 0.248 e. The number of hydrogen-bond donors (Lipinski definition) is 0. The molecule has 2 aromatic rings. The van der Waals surface area contributed by atoms with Crippen LogP contribution >= 0.6 is 0 Å². The van der Waals surface area contributed by atoms with Gasteiger partial charge in [0.2, 0.25) is 5.91 Å². The highest BCUT2D eigenvalue weighted by atomic mass is 19.1. The van der Waals surface area contributed by atoms with E-state index >= 15 is 0 Å². The Labute approximate surface area is 149 Å². The number of nitrogens with zero attached hydrogens (tertiary/aromatic N) is 2. The lowest BCUT2D eigenvalue weighted by atomic mass is 10.2. The fourth-order valence-electron chi connectivity index (χ4n) is 2.86. The van der Waals surface area contributed by atoms with Crippen LogP contribution < -0.4 is 4.90 Å². The lowest BCUT2D eigenvalue weighted by Crippen LogP contribution is -2.50. The zero-order valence-corrected chi connectivity index (χ0v) is 14.1. The number of ether oxygens (including phenoxy) is 1. The molecule has 1 fully saturated rings. The summed E-state index contributed by atoms with van der Waals surface area (Å²) in [6, 6.07) is 9.39. The Kier molecular flexibility index (Phi) is 5.78. The van der Waals surface area contributed by atoms with Crippen molar-refractivity contribution >= 4 is 11.6 Å². The first-order chi connectivity index (χ1) is 12.5. The molecule has 1 aliphatic rings. The van der Waals surface area contributed by atoms with Gasteiger partial charge in [-0.3, -0.25) is 4.79 Å². The highest BCUT2D eigenvalue weighted by Crippen LogP contribution is 2.21. The first-order valence-corrected chi connectivity index (χ1v) is 8.33. The maximum atomic E-state index is 13.8. The van der Waals surface area contributed by atoms with Crippen LogP contribution in [0.2, 0.25) is 0 Å². The van der Waals surface area contributed by atoms with Gasteiger partial charge in [-0.1, -0.05) is 12.1 Å². The van der Waals surface area contributed by atoms with Crippen molar-refractivity contribution < 1.29 is 22.7 Å². The number of anilines is 1. The first kappa shape index (κ1) is 18.3. The SMILES string of the molecule is O=C(COCc1ccc(F)cc1)N1CCN(c2ccc(F)cc2F)CC1. The van der Waals surface area contributed by atoms with E-state index in [1.54, 1.807) is 21.9 Å². The molecule has 2 aromatic carbocycles. The van der Waals surface area contributed by atoms with Gasteiger partial charge >= 0.3 is 0 Å². The van der Waals surface area contributed by atoms with E-state index in [-0.39, 0.29) is 24.9 Å². The number of carbonyl (C=O) groups excluding carboxylic acids is 1. The summed E-state index contributed by atoms with van der Waals surface area (Å²) in [6.45, 7) is 1.97. The highest BCUT2D eigenvalue weighted by molar-refractivity contribution is 5.77. The number of carbonyl (C=O) groups is 1. The van der Waals surface area contributed by atoms with Gasteiger partial charge in [0.1, 0.15) is 24.1 Å². The Hall–Kier alpha value is -2.54. The molecule has 0 unspecified atom stereocenters. The Morgan fingerprint density at radius 1 is 0.923 bits per heavy atom. The fraction of sp³-hybridized carbons (Fsp3) is 0.316. The average Bonchev–Trinajstić information content (AvgIpc) is 2.63. The van der Waals surface area contributed by atoms with E-state index in [4.69, 9.17) is 4.74 Å². The molecule has 0 atom stereocenters. The van der Waals surface area contributed by atoms with E-state index in [2.05, 4.69) is 0 Å². The minimum Gasteiger partial charge on any atom is -0.367 e. The molecule has 26 heavy (non-hydrogen) atoms. The van der Waals surface area contributed by atoms with Gasteiger partial charge in [0, 0.05) is 32.2 Å². The Bertz CT molecular complexity index is 760. The number of benzene rings is 2. The van der Waals surface area contributed by atoms with Crippen molar-refractivity contribution in [2.75, 3.05) is 37.7 Å². The van der Waals surface area contributed by atoms with Crippen LogP contribution in [-0.4, -0.2) is 43.6 Å². The van der Waals surface area contributed by atoms with E-state index in [0.717, 1.165) is 11.6 Å². The number of amides is 1. The summed E-state index contributed by atoms with van der Waals surface area (Å²) >= 11 is 0. The molecule has 0 N–H and O–H groups in total. The van der Waals surface area contributed by atoms with Crippen LogP contribution in [0.25, 0.3) is 0 Å². The van der Waals surface area contributed by atoms with Crippen molar-refractivity contribution in [3.8, 4) is 0 Å². The first-order valence-electron chi connectivity index (χ1n) is 8.33. The van der Waals surface area contributed by atoms with Gasteiger partial charge in [-0.2, -0.15) is 0 Å². The van der Waals surface area contributed by atoms with Crippen LogP contribution in [0.3, 0.4) is 0 Å². The summed E-state index contributed by atoms with van der Waals surface area (Å²) in [5.41, 5.74) is 1.13. The van der Waals surface area contributed by atoms with Crippen LogP contribution in [0.1, 0.15) is 5.56 Å². The Morgan fingerprint density at radius 3 is 2.23 bits per heavy atom. The van der Waals surface area contributed by atoms with E-state index in [1.807, 2.05) is 0 Å². The molecule has 1 amide bonds. The summed E-state index contributed by atoms with van der Waals surface area (Å²) in [7, 11) is 0. The summed E-state index contributed by atoms with van der Waals surface area (Å²) in [6.07, 6.45) is 0. The average molecular weight is 364 g/mol. The van der Waals surface area contributed by atoms with Crippen LogP contribution in [0, 0.1) is 17.5 Å². The summed E-state index contributed by atoms with van der Waals surface area (Å²) in [4.78, 5) is 15.6. The maximum absolute atomic E-state index is 13.8. The van der Waals surface area contributed by atoms with E-state index < -0.39 is 11.6 Å². The number of rotatable bonds is 5. The molecule has 0 saturated carbocycles. The Morgan fingerprint density at radius 2 is 1.58 bits per heavy atom. The van der Waals surface area contributed by atoms with Gasteiger partial charge in [-0.05, 0) is 29.8 Å². The maximum Gasteiger partial charge on any atom is 0.248 e. The lowest BCUT2D eigenvalue weighted by Gasteiger charge is -2.36. The second kappa shape index (κ2) is 8.23. The van der Waals surface area contributed by atoms with Crippen molar-refractivity contribution in [1.82, 2.24) is 4.90 Å². The molecule has 1 heterocycles. The van der Waals surface area contributed by atoms with Crippen molar-refractivity contribution in [3.05, 3.63) is 65.5 Å². The number of halogens is 3. The third kappa shape index (κ3) is 4.54. The van der Waals surface area contributed by atoms with Crippen molar-refractivity contribution in [3.63, 3.8) is 0 Å². The third-order valence-electron chi connectivity index (χ3n) is 4.29. The van der Waals surface area contributed by atoms with E-state index in [0.29, 0.717) is 31.9 Å². The number of piperazine rings is 1. The molecule has 3 rings (SSSR count). The normalized spacial score (nSPS) is 14.6. The van der Waals surface area contributed by atoms with Gasteiger partial charge in [-0.15, -0.1) is 0 Å². The molecule has 138 valence electrons. The standard InChI is InChI=1S/C19H19F3N2O2/c20-15-3-1-14(2-4-15)12-26-13-19(25)24-9-7-23(8-10-24)18-6-5-16(21)11-17(18)22/h1-6,11H,7-10,12-13H2. The summed E-state index contributed by atoms with van der Waals surface area (Å²) in [5, 5.41) is 0. The molecule has 0 spiro atoms. The molecule has 0 radical (unpaired) electrons. The second-order valence-corrected chi connectivity index (χ2v) is 6.08. The van der Waals surface area contributed by atoms with Gasteiger partial charge in [0.05, 0.1) is 12.3 Å². The van der Waals surface area contributed by atoms with Crippen LogP contribution in [-0.2, 0) is 16.1 Å². The zero-order chi connectivity index (χ0) is 18.5. The van der Waals surface area contributed by atoms with Gasteiger partial charge in [0.15, 0.2) is 0 Å². The second-order valence-electron chi connectivity index (χ2n) is 6.08. The fourth-order valence-corrected chi connectivity index (χ4v) is 2.86. The van der Waals surface area contributed by atoms with E-state index in [1.165, 1.54) is 24.3 Å². The minimum absolute atomic E-state index is 0.0672. The monoisotopic (exact) mass is 364 g/mol. The van der Waals surface area contributed by atoms with Gasteiger partial charge in [-0.25, -0.2) is 13.2 Å². The van der Waals surface area contributed by atoms with Crippen molar-refractivity contribution in [2.45, 2.75) is 6.61 Å². The predicted octanol–water partition coefficient (Wildman–Crippen LogP) is 2.97. The van der Waals surface area contributed by atoms with Crippen LogP contribution in [0.5, 0.6) is 0 Å². The molecule has 1 saturated heterocycles. The van der Waals surface area contributed by atoms with Crippen molar-refractivity contribution in [2.24, 2.45) is 0 Å². The summed E-state index contributed by atoms with van der Waals surface area (Å²) in [5.74, 6) is -1.68. The molecule has 0 aliphatic carbocycles. The Balaban J connectivity index is 1.45. The largest absolute Gasteiger partial charge is 0.367 e. The topological polar surface area (TPSA) is 32.8 Å². The lowest BCUT2D eigenvalue weighted by molar-refractivity contribution is -0.136.